The molecule has 8 nitrogen and oxygen atoms in total. The van der Waals surface area contributed by atoms with Crippen molar-refractivity contribution < 1.29 is 9.47 Å². The highest BCUT2D eigenvalue weighted by molar-refractivity contribution is 5.70. The van der Waals surface area contributed by atoms with Gasteiger partial charge < -0.3 is 14.8 Å². The zero-order valence-electron chi connectivity index (χ0n) is 12.8. The molecule has 3 aromatic rings. The molecule has 0 amide bonds. The molecule has 120 valence electrons. The molecule has 4 heterocycles. The van der Waals surface area contributed by atoms with Crippen LogP contribution in [0.1, 0.15) is 12.8 Å². The minimum atomic E-state index is 0.113. The molecule has 0 spiro atoms. The van der Waals surface area contributed by atoms with Crippen LogP contribution in [0.3, 0.4) is 0 Å². The second-order valence-electron chi connectivity index (χ2n) is 5.42. The van der Waals surface area contributed by atoms with Gasteiger partial charge in [0.15, 0.2) is 5.65 Å². The Morgan fingerprint density at radius 1 is 1.35 bits per heavy atom. The smallest absolute Gasteiger partial charge is 0.242 e. The van der Waals surface area contributed by atoms with Gasteiger partial charge in [-0.3, -0.25) is 5.10 Å². The van der Waals surface area contributed by atoms with E-state index in [4.69, 9.17) is 9.47 Å². The molecule has 0 atom stereocenters. The fraction of sp³-hybridized carbons (Fsp3) is 0.400. The van der Waals surface area contributed by atoms with Gasteiger partial charge in [-0.15, -0.1) is 5.10 Å². The molecule has 1 aliphatic heterocycles. The van der Waals surface area contributed by atoms with E-state index < -0.39 is 0 Å². The van der Waals surface area contributed by atoms with Gasteiger partial charge in [-0.05, 0) is 12.1 Å². The monoisotopic (exact) mass is 314 g/mol. The van der Waals surface area contributed by atoms with E-state index in [2.05, 4.69) is 25.6 Å². The van der Waals surface area contributed by atoms with Gasteiger partial charge in [0.25, 0.3) is 0 Å². The number of anilines is 1. The normalized spacial score (nSPS) is 15.9. The lowest BCUT2D eigenvalue weighted by Crippen LogP contribution is -2.27. The Balaban J connectivity index is 1.81. The third kappa shape index (κ3) is 2.61. The van der Waals surface area contributed by atoms with E-state index in [9.17, 15) is 0 Å². The Kier molecular flexibility index (Phi) is 3.58. The van der Waals surface area contributed by atoms with Gasteiger partial charge in [-0.2, -0.15) is 14.6 Å². The number of hydrogen-bond acceptors (Lipinski definition) is 6. The number of hydrogen-bond donors (Lipinski definition) is 2. The molecule has 1 aliphatic rings. The van der Waals surface area contributed by atoms with Crippen LogP contribution >= 0.6 is 0 Å². The van der Waals surface area contributed by atoms with Crippen molar-refractivity contribution in [1.82, 2.24) is 24.8 Å². The largest absolute Gasteiger partial charge is 0.474 e. The summed E-state index contributed by atoms with van der Waals surface area (Å²) in [4.78, 5) is 4.42. The fourth-order valence-electron chi connectivity index (χ4n) is 2.71. The topological polar surface area (TPSA) is 89.4 Å². The van der Waals surface area contributed by atoms with E-state index >= 15 is 0 Å². The van der Waals surface area contributed by atoms with Gasteiger partial charge in [0.1, 0.15) is 6.10 Å². The number of nitrogens with zero attached hydrogens (tertiary/aromatic N) is 4. The van der Waals surface area contributed by atoms with E-state index in [1.807, 2.05) is 18.3 Å². The second kappa shape index (κ2) is 5.88. The van der Waals surface area contributed by atoms with Gasteiger partial charge in [0.05, 0.1) is 19.4 Å². The first kappa shape index (κ1) is 14.0. The third-order valence-corrected chi connectivity index (χ3v) is 3.93. The number of H-pyrrole nitrogens is 1. The molecule has 0 radical (unpaired) electrons. The molecule has 3 aromatic heterocycles. The molecule has 0 aromatic carbocycles. The van der Waals surface area contributed by atoms with Crippen LogP contribution in [0.15, 0.2) is 24.5 Å². The molecule has 0 aliphatic carbocycles. The van der Waals surface area contributed by atoms with Crippen molar-refractivity contribution in [3.05, 3.63) is 24.5 Å². The van der Waals surface area contributed by atoms with Crippen LogP contribution in [0.4, 0.5) is 5.95 Å². The lowest BCUT2D eigenvalue weighted by atomic mass is 10.1. The predicted molar refractivity (Wildman–Crippen MR) is 84.6 cm³/mol. The summed E-state index contributed by atoms with van der Waals surface area (Å²) in [6.07, 6.45) is 5.47. The van der Waals surface area contributed by atoms with Crippen LogP contribution in [0.2, 0.25) is 0 Å². The zero-order chi connectivity index (χ0) is 15.6. The minimum absolute atomic E-state index is 0.113. The number of aromatic nitrogens is 5. The summed E-state index contributed by atoms with van der Waals surface area (Å²) in [5, 5.41) is 14.3. The highest BCUT2D eigenvalue weighted by Gasteiger charge is 2.21. The lowest BCUT2D eigenvalue weighted by Gasteiger charge is -2.24. The predicted octanol–water partition coefficient (Wildman–Crippen LogP) is 1.72. The average molecular weight is 314 g/mol. The summed E-state index contributed by atoms with van der Waals surface area (Å²) >= 11 is 0. The fourth-order valence-corrected chi connectivity index (χ4v) is 2.71. The summed E-state index contributed by atoms with van der Waals surface area (Å²) in [6, 6.07) is 3.91. The average Bonchev–Trinajstić information content (AvgIpc) is 3.25. The van der Waals surface area contributed by atoms with Gasteiger partial charge in [-0.25, -0.2) is 0 Å². The number of rotatable bonds is 4. The molecule has 2 N–H and O–H groups in total. The number of pyridine rings is 1. The van der Waals surface area contributed by atoms with E-state index in [0.717, 1.165) is 42.8 Å². The van der Waals surface area contributed by atoms with Crippen molar-refractivity contribution in [2.45, 2.75) is 18.9 Å². The maximum atomic E-state index is 6.29. The maximum absolute atomic E-state index is 6.29. The summed E-state index contributed by atoms with van der Waals surface area (Å²) in [6.45, 7) is 1.45. The van der Waals surface area contributed by atoms with E-state index in [-0.39, 0.29) is 6.10 Å². The summed E-state index contributed by atoms with van der Waals surface area (Å²) in [5.74, 6) is 1.25. The van der Waals surface area contributed by atoms with Gasteiger partial charge in [-0.1, -0.05) is 0 Å². The molecule has 23 heavy (non-hydrogen) atoms. The first-order valence-corrected chi connectivity index (χ1v) is 7.66. The quantitative estimate of drug-likeness (QED) is 0.762. The van der Waals surface area contributed by atoms with Crippen LogP contribution < -0.4 is 10.1 Å². The zero-order valence-corrected chi connectivity index (χ0v) is 12.8. The summed E-state index contributed by atoms with van der Waals surface area (Å²) in [5.41, 5.74) is 2.63. The molecular formula is C15H18N6O2. The molecule has 1 saturated heterocycles. The van der Waals surface area contributed by atoms with Crippen LogP contribution in [-0.4, -0.2) is 51.2 Å². The Morgan fingerprint density at radius 2 is 2.22 bits per heavy atom. The van der Waals surface area contributed by atoms with Crippen LogP contribution in [0.5, 0.6) is 5.88 Å². The summed E-state index contributed by atoms with van der Waals surface area (Å²) in [7, 11) is 1.80. The van der Waals surface area contributed by atoms with E-state index in [1.54, 1.807) is 17.8 Å². The van der Waals surface area contributed by atoms with Crippen LogP contribution in [-0.2, 0) is 4.74 Å². The van der Waals surface area contributed by atoms with Crippen LogP contribution in [0.25, 0.3) is 16.8 Å². The van der Waals surface area contributed by atoms with Gasteiger partial charge in [0.2, 0.25) is 11.8 Å². The van der Waals surface area contributed by atoms with Crippen molar-refractivity contribution in [2.24, 2.45) is 0 Å². The standard InChI is InChI=1S/C15H18N6O2/c1-16-15-19-13-3-2-12(10-8-17-18-9-10)14(21(13)20-15)23-11-4-6-22-7-5-11/h2-3,8-9,11H,4-7H2,1H3,(H,16,20)(H,17,18). The Morgan fingerprint density at radius 3 is 2.96 bits per heavy atom. The van der Waals surface area contributed by atoms with Crippen molar-refractivity contribution in [3.63, 3.8) is 0 Å². The highest BCUT2D eigenvalue weighted by Crippen LogP contribution is 2.32. The van der Waals surface area contributed by atoms with Gasteiger partial charge >= 0.3 is 0 Å². The lowest BCUT2D eigenvalue weighted by molar-refractivity contribution is 0.0231. The molecule has 0 unspecified atom stereocenters. The Labute approximate surface area is 132 Å². The number of ether oxygens (including phenoxy) is 2. The van der Waals surface area contributed by atoms with E-state index in [0.29, 0.717) is 11.8 Å². The molecule has 1 fully saturated rings. The second-order valence-corrected chi connectivity index (χ2v) is 5.42. The molecule has 0 saturated carbocycles. The molecule has 0 bridgehead atoms. The number of nitrogens with one attached hydrogen (secondary N) is 2. The Bertz CT molecular complexity index is 792. The van der Waals surface area contributed by atoms with Gasteiger partial charge in [0, 0.05) is 37.2 Å². The third-order valence-electron chi connectivity index (χ3n) is 3.93. The van der Waals surface area contributed by atoms with Crippen molar-refractivity contribution >= 4 is 11.6 Å². The highest BCUT2D eigenvalue weighted by atomic mass is 16.5. The summed E-state index contributed by atoms with van der Waals surface area (Å²) < 4.78 is 13.4. The Hall–Kier alpha value is -2.61. The first-order chi connectivity index (χ1) is 11.3. The first-order valence-electron chi connectivity index (χ1n) is 7.66. The number of aromatic amines is 1. The van der Waals surface area contributed by atoms with Crippen molar-refractivity contribution in [3.8, 4) is 17.0 Å². The maximum Gasteiger partial charge on any atom is 0.242 e. The van der Waals surface area contributed by atoms with Crippen LogP contribution in [0, 0.1) is 0 Å². The van der Waals surface area contributed by atoms with E-state index in [1.165, 1.54) is 0 Å². The SMILES string of the molecule is CNc1nc2ccc(-c3cn[nH]c3)c(OC3CCOCC3)n2n1. The minimum Gasteiger partial charge on any atom is -0.474 e. The molecular weight excluding hydrogens is 296 g/mol. The number of fused-ring (bicyclic) bond motifs is 1. The van der Waals surface area contributed by atoms with Crippen molar-refractivity contribution in [2.75, 3.05) is 25.6 Å². The molecule has 4 rings (SSSR count). The molecule has 8 heteroatoms. The van der Waals surface area contributed by atoms with Crippen molar-refractivity contribution in [1.29, 1.82) is 0 Å².